The number of ether oxygens (including phenoxy) is 1. The van der Waals surface area contributed by atoms with Crippen LogP contribution < -0.4 is 21.1 Å². The van der Waals surface area contributed by atoms with Crippen LogP contribution in [0.2, 0.25) is 0 Å². The molecule has 1 aromatic heterocycles. The number of aliphatic hydroxyl groups is 1. The van der Waals surface area contributed by atoms with Gasteiger partial charge in [-0.15, -0.1) is 0 Å². The van der Waals surface area contributed by atoms with E-state index in [-0.39, 0.29) is 36.0 Å². The maximum Gasteiger partial charge on any atom is 0.328 e. The predicted molar refractivity (Wildman–Crippen MR) is 146 cm³/mol. The van der Waals surface area contributed by atoms with Crippen LogP contribution in [-0.4, -0.2) is 66.5 Å². The smallest absolute Gasteiger partial charge is 0.328 e. The highest BCUT2D eigenvalue weighted by atomic mass is 16.5. The molecule has 7 N–H and O–H groups in total. The molecular formula is C27H32N4O9. The number of rotatable bonds is 9. The number of carboxylic acid groups (broad SMARTS) is 2. The number of β-amino-alcohol motifs (C(OH)–C–C–N with tert-alkyl or cyclic N) is 1. The fraction of sp³-hybridized carbons (Fsp3) is 0.333. The van der Waals surface area contributed by atoms with Crippen molar-refractivity contribution in [3.63, 3.8) is 0 Å². The van der Waals surface area contributed by atoms with E-state index in [0.29, 0.717) is 42.1 Å². The number of hydrogen-bond acceptors (Lipinski definition) is 8. The number of carbonyl (C=O) groups excluding carboxylic acids is 1. The van der Waals surface area contributed by atoms with Gasteiger partial charge in [0.15, 0.2) is 6.61 Å². The summed E-state index contributed by atoms with van der Waals surface area (Å²) in [6.45, 7) is 6.55. The van der Waals surface area contributed by atoms with Crippen LogP contribution in [0.4, 0.5) is 5.69 Å². The minimum atomic E-state index is -1.26. The minimum Gasteiger partial charge on any atom is -0.508 e. The third kappa shape index (κ3) is 7.94. The van der Waals surface area contributed by atoms with Crippen LogP contribution in [0.5, 0.6) is 11.5 Å². The Morgan fingerprint density at radius 1 is 1.15 bits per heavy atom. The molecule has 0 spiro atoms. The van der Waals surface area contributed by atoms with Crippen LogP contribution in [0.25, 0.3) is 11.0 Å². The molecule has 0 bridgehead atoms. The summed E-state index contributed by atoms with van der Waals surface area (Å²) in [5, 5.41) is 42.3. The summed E-state index contributed by atoms with van der Waals surface area (Å²) in [5.41, 5.74) is 2.96. The Bertz CT molecular complexity index is 1490. The summed E-state index contributed by atoms with van der Waals surface area (Å²) in [7, 11) is 0. The second kappa shape index (κ2) is 12.5. The van der Waals surface area contributed by atoms with Crippen LogP contribution >= 0.6 is 0 Å². The van der Waals surface area contributed by atoms with Gasteiger partial charge in [0.25, 0.3) is 5.91 Å². The number of phenolic OH excluding ortho intramolecular Hbond substituents is 1. The standard InChI is InChI=1S/C23H28N4O5.C4H4O4/c1-13-4-5-16-18(8-13)27(22(31)26-16)7-6-23(2,3)24-11-19(29)15-9-14(28)10-17-21(15)32-12-20(30)25-17;5-3(6)1-2-4(7)8/h4-5,8-10,19,24,28-29H,6-7,11-12H2,1-3H3,(H,25,30)(H,26,31);1-2H,(H,5,6)(H,7,8)/b;2-1-. The fourth-order valence-electron chi connectivity index (χ4n) is 4.05. The summed E-state index contributed by atoms with van der Waals surface area (Å²) in [5.74, 6) is -2.54. The highest BCUT2D eigenvalue weighted by molar-refractivity contribution is 5.96. The van der Waals surface area contributed by atoms with E-state index in [1.807, 2.05) is 39.0 Å². The molecule has 13 heteroatoms. The van der Waals surface area contributed by atoms with Crippen molar-refractivity contribution >= 4 is 34.6 Å². The first-order chi connectivity index (χ1) is 18.8. The Labute approximate surface area is 228 Å². The van der Waals surface area contributed by atoms with Gasteiger partial charge in [-0.25, -0.2) is 14.4 Å². The van der Waals surface area contributed by atoms with E-state index in [1.54, 1.807) is 4.57 Å². The van der Waals surface area contributed by atoms with Crippen molar-refractivity contribution < 1.29 is 39.5 Å². The zero-order valence-electron chi connectivity index (χ0n) is 22.2. The van der Waals surface area contributed by atoms with Crippen LogP contribution in [0.15, 0.2) is 47.3 Å². The Balaban J connectivity index is 0.000000482. The third-order valence-corrected chi connectivity index (χ3v) is 6.12. The van der Waals surface area contributed by atoms with Gasteiger partial charge in [-0.05, 0) is 51.0 Å². The van der Waals surface area contributed by atoms with E-state index in [9.17, 15) is 29.4 Å². The molecule has 1 amide bonds. The molecule has 1 aliphatic heterocycles. The number of phenols is 1. The lowest BCUT2D eigenvalue weighted by molar-refractivity contribution is -0.134. The van der Waals surface area contributed by atoms with Crippen molar-refractivity contribution in [3.05, 3.63) is 64.1 Å². The minimum absolute atomic E-state index is 0.0723. The zero-order valence-corrected chi connectivity index (χ0v) is 22.2. The Kier molecular flexibility index (Phi) is 9.35. The van der Waals surface area contributed by atoms with Crippen molar-refractivity contribution in [2.45, 2.75) is 45.4 Å². The van der Waals surface area contributed by atoms with Crippen molar-refractivity contribution in [1.29, 1.82) is 0 Å². The second-order valence-corrected chi connectivity index (χ2v) is 9.89. The maximum absolute atomic E-state index is 12.4. The molecule has 0 fully saturated rings. The van der Waals surface area contributed by atoms with Gasteiger partial charge in [0.2, 0.25) is 0 Å². The number of carboxylic acids is 2. The molecule has 0 saturated carbocycles. The number of fused-ring (bicyclic) bond motifs is 2. The van der Waals surface area contributed by atoms with Gasteiger partial charge in [-0.2, -0.15) is 0 Å². The summed E-state index contributed by atoms with van der Waals surface area (Å²) >= 11 is 0. The van der Waals surface area contributed by atoms with E-state index in [1.165, 1.54) is 12.1 Å². The maximum atomic E-state index is 12.4. The highest BCUT2D eigenvalue weighted by Crippen LogP contribution is 2.38. The average Bonchev–Trinajstić information content (AvgIpc) is 3.18. The third-order valence-electron chi connectivity index (χ3n) is 6.12. The number of anilines is 1. The van der Waals surface area contributed by atoms with Crippen molar-refractivity contribution in [1.82, 2.24) is 14.9 Å². The molecule has 2 aromatic carbocycles. The number of benzene rings is 2. The monoisotopic (exact) mass is 556 g/mol. The SMILES string of the molecule is Cc1ccc2[nH]c(=O)n(CCC(C)(C)NCC(O)c3cc(O)cc4c3OCC(=O)N4)c2c1.O=C(O)/C=C\C(=O)O. The number of nitrogens with one attached hydrogen (secondary N) is 3. The molecule has 1 atom stereocenters. The van der Waals surface area contributed by atoms with E-state index >= 15 is 0 Å². The number of carbonyl (C=O) groups is 3. The topological polar surface area (TPSA) is 203 Å². The first-order valence-corrected chi connectivity index (χ1v) is 12.3. The predicted octanol–water partition coefficient (Wildman–Crippen LogP) is 1.88. The summed E-state index contributed by atoms with van der Waals surface area (Å²) < 4.78 is 7.21. The second-order valence-electron chi connectivity index (χ2n) is 9.89. The highest BCUT2D eigenvalue weighted by Gasteiger charge is 2.26. The number of aliphatic hydroxyl groups excluding tert-OH is 1. The van der Waals surface area contributed by atoms with E-state index in [0.717, 1.165) is 16.6 Å². The molecule has 40 heavy (non-hydrogen) atoms. The molecule has 214 valence electrons. The first-order valence-electron chi connectivity index (χ1n) is 12.3. The van der Waals surface area contributed by atoms with Crippen LogP contribution in [0, 0.1) is 6.92 Å². The summed E-state index contributed by atoms with van der Waals surface area (Å²) in [6, 6.07) is 8.68. The summed E-state index contributed by atoms with van der Waals surface area (Å²) in [6.07, 6.45) is 0.791. The molecule has 3 aromatic rings. The number of aliphatic carboxylic acids is 2. The molecule has 1 unspecified atom stereocenters. The molecule has 13 nitrogen and oxygen atoms in total. The van der Waals surface area contributed by atoms with Crippen LogP contribution in [0.3, 0.4) is 0 Å². The number of aromatic amines is 1. The van der Waals surface area contributed by atoms with Gasteiger partial charge in [-0.1, -0.05) is 6.07 Å². The molecular weight excluding hydrogens is 524 g/mol. The first kappa shape index (κ1) is 29.9. The van der Waals surface area contributed by atoms with Gasteiger partial charge in [0, 0.05) is 42.4 Å². The van der Waals surface area contributed by atoms with E-state index in [2.05, 4.69) is 15.6 Å². The van der Waals surface area contributed by atoms with E-state index in [4.69, 9.17) is 14.9 Å². The van der Waals surface area contributed by atoms with Gasteiger partial charge >= 0.3 is 17.6 Å². The summed E-state index contributed by atoms with van der Waals surface area (Å²) in [4.78, 5) is 45.9. The average molecular weight is 557 g/mol. The van der Waals surface area contributed by atoms with Crippen LogP contribution in [0.1, 0.15) is 37.5 Å². The quantitative estimate of drug-likeness (QED) is 0.191. The number of H-pyrrole nitrogens is 1. The molecule has 0 aliphatic carbocycles. The zero-order chi connectivity index (χ0) is 29.6. The van der Waals surface area contributed by atoms with Gasteiger partial charge in [0.05, 0.1) is 22.8 Å². The van der Waals surface area contributed by atoms with E-state index < -0.39 is 18.0 Å². The lowest BCUT2D eigenvalue weighted by Crippen LogP contribution is -2.43. The van der Waals surface area contributed by atoms with Gasteiger partial charge in [0.1, 0.15) is 11.5 Å². The number of nitrogens with zero attached hydrogens (tertiary/aromatic N) is 1. The number of amides is 1. The largest absolute Gasteiger partial charge is 0.508 e. The van der Waals surface area contributed by atoms with Gasteiger partial charge < -0.3 is 40.8 Å². The lowest BCUT2D eigenvalue weighted by Gasteiger charge is -2.29. The lowest BCUT2D eigenvalue weighted by atomic mass is 9.99. The van der Waals surface area contributed by atoms with Crippen molar-refractivity contribution in [2.24, 2.45) is 0 Å². The number of aryl methyl sites for hydroxylation is 2. The molecule has 2 heterocycles. The number of aromatic hydroxyl groups is 1. The molecule has 0 saturated heterocycles. The molecule has 0 radical (unpaired) electrons. The fourth-order valence-corrected chi connectivity index (χ4v) is 4.05. The Morgan fingerprint density at radius 3 is 2.48 bits per heavy atom. The van der Waals surface area contributed by atoms with Crippen molar-refractivity contribution in [2.75, 3.05) is 18.5 Å². The number of hydrogen-bond donors (Lipinski definition) is 7. The van der Waals surface area contributed by atoms with Crippen molar-refractivity contribution in [3.8, 4) is 11.5 Å². The molecule has 1 aliphatic rings. The molecule has 4 rings (SSSR count). The number of aromatic nitrogens is 2. The van der Waals surface area contributed by atoms with Gasteiger partial charge in [-0.3, -0.25) is 9.36 Å². The number of imidazole rings is 1. The normalized spacial score (nSPS) is 13.7. The Hall–Kier alpha value is -4.62. The van der Waals surface area contributed by atoms with Crippen LogP contribution in [-0.2, 0) is 20.9 Å². The Morgan fingerprint density at radius 2 is 1.82 bits per heavy atom.